The van der Waals surface area contributed by atoms with Gasteiger partial charge in [-0.3, -0.25) is 0 Å². The van der Waals surface area contributed by atoms with Gasteiger partial charge in [0.05, 0.1) is 0 Å². The summed E-state index contributed by atoms with van der Waals surface area (Å²) in [4.78, 5) is 0. The molecule has 0 unspecified atom stereocenters. The predicted molar refractivity (Wildman–Crippen MR) is 48.0 cm³/mol. The average molecular weight is 154 g/mol. The first kappa shape index (κ1) is 10.2. The molecule has 0 radical (unpaired) electrons. The third-order valence-electron chi connectivity index (χ3n) is 1.47. The van der Waals surface area contributed by atoms with Crippen molar-refractivity contribution in [2.24, 2.45) is 5.92 Å². The molecule has 0 bridgehead atoms. The van der Waals surface area contributed by atoms with Crippen LogP contribution in [-0.4, -0.2) is 0 Å². The van der Waals surface area contributed by atoms with Crippen LogP contribution in [0.1, 0.15) is 20.8 Å². The van der Waals surface area contributed by atoms with E-state index < -0.39 is 0 Å². The summed E-state index contributed by atoms with van der Waals surface area (Å²) in [5.41, 5.74) is 0.741. The van der Waals surface area contributed by atoms with Gasteiger partial charge in [-0.15, -0.1) is 0 Å². The topological polar surface area (TPSA) is 0 Å². The zero-order chi connectivity index (χ0) is 8.85. The van der Waals surface area contributed by atoms with Gasteiger partial charge < -0.3 is 0 Å². The van der Waals surface area contributed by atoms with Crippen molar-refractivity contribution in [1.29, 1.82) is 0 Å². The zero-order valence-electron chi connectivity index (χ0n) is 7.39. The SMILES string of the molecule is C=C/C=C(F)\C(=C/C)C(C)C. The molecule has 1 heteroatoms. The minimum atomic E-state index is -0.183. The van der Waals surface area contributed by atoms with Gasteiger partial charge in [-0.25, -0.2) is 4.39 Å². The van der Waals surface area contributed by atoms with Crippen LogP contribution < -0.4 is 0 Å². The quantitative estimate of drug-likeness (QED) is 0.544. The Balaban J connectivity index is 4.53. The second-order valence-corrected chi connectivity index (χ2v) is 2.65. The number of halogens is 1. The van der Waals surface area contributed by atoms with E-state index in [9.17, 15) is 4.39 Å². The molecule has 0 saturated heterocycles. The highest BCUT2D eigenvalue weighted by Gasteiger charge is 2.05. The molecule has 0 aliphatic carbocycles. The van der Waals surface area contributed by atoms with Crippen LogP contribution in [0, 0.1) is 5.92 Å². The third-order valence-corrected chi connectivity index (χ3v) is 1.47. The second kappa shape index (κ2) is 4.89. The van der Waals surface area contributed by atoms with Crippen molar-refractivity contribution >= 4 is 0 Å². The second-order valence-electron chi connectivity index (χ2n) is 2.65. The fraction of sp³-hybridized carbons (Fsp3) is 0.400. The lowest BCUT2D eigenvalue weighted by Gasteiger charge is -2.06. The number of rotatable bonds is 3. The molecule has 0 fully saturated rings. The number of hydrogen-bond donors (Lipinski definition) is 0. The van der Waals surface area contributed by atoms with Crippen molar-refractivity contribution in [2.75, 3.05) is 0 Å². The summed E-state index contributed by atoms with van der Waals surface area (Å²) in [6.45, 7) is 9.20. The Hall–Kier alpha value is -0.850. The molecular weight excluding hydrogens is 139 g/mol. The molecule has 0 aromatic heterocycles. The zero-order valence-corrected chi connectivity index (χ0v) is 7.39. The van der Waals surface area contributed by atoms with Gasteiger partial charge in [0.25, 0.3) is 0 Å². The van der Waals surface area contributed by atoms with Gasteiger partial charge in [-0.2, -0.15) is 0 Å². The summed E-state index contributed by atoms with van der Waals surface area (Å²) < 4.78 is 13.0. The lowest BCUT2D eigenvalue weighted by molar-refractivity contribution is 0.608. The van der Waals surface area contributed by atoms with Gasteiger partial charge in [-0.1, -0.05) is 32.6 Å². The maximum absolute atomic E-state index is 13.0. The summed E-state index contributed by atoms with van der Waals surface area (Å²) >= 11 is 0. The molecule has 62 valence electrons. The van der Waals surface area contributed by atoms with Crippen LogP contribution >= 0.6 is 0 Å². The van der Waals surface area contributed by atoms with Gasteiger partial charge in [0.1, 0.15) is 5.83 Å². The van der Waals surface area contributed by atoms with Crippen molar-refractivity contribution in [2.45, 2.75) is 20.8 Å². The first-order valence-corrected chi connectivity index (χ1v) is 3.78. The van der Waals surface area contributed by atoms with E-state index in [4.69, 9.17) is 0 Å². The summed E-state index contributed by atoms with van der Waals surface area (Å²) in [6, 6.07) is 0. The van der Waals surface area contributed by atoms with Gasteiger partial charge in [-0.05, 0) is 24.5 Å². The highest BCUT2D eigenvalue weighted by Crippen LogP contribution is 2.19. The Morgan fingerprint density at radius 2 is 2.00 bits per heavy atom. The lowest BCUT2D eigenvalue weighted by atomic mass is 10.0. The van der Waals surface area contributed by atoms with Gasteiger partial charge in [0, 0.05) is 0 Å². The molecule has 0 aromatic carbocycles. The molecular formula is C10H15F. The molecule has 0 aliphatic heterocycles. The van der Waals surface area contributed by atoms with E-state index in [2.05, 4.69) is 6.58 Å². The standard InChI is InChI=1S/C10H15F/c1-5-7-10(11)9(6-2)8(3)4/h5-8H,1H2,2-4H3/b9-6-,10-7+. The third kappa shape index (κ3) is 3.17. The van der Waals surface area contributed by atoms with E-state index in [1.165, 1.54) is 12.2 Å². The molecule has 0 aromatic rings. The summed E-state index contributed by atoms with van der Waals surface area (Å²) in [5.74, 6) is 0.0497. The Bertz CT molecular complexity index is 185. The van der Waals surface area contributed by atoms with E-state index in [-0.39, 0.29) is 11.7 Å². The van der Waals surface area contributed by atoms with Crippen molar-refractivity contribution in [3.05, 3.63) is 36.2 Å². The van der Waals surface area contributed by atoms with E-state index in [1.807, 2.05) is 20.8 Å². The molecule has 0 N–H and O–H groups in total. The molecule has 0 nitrogen and oxygen atoms in total. The maximum atomic E-state index is 13.0. The highest BCUT2D eigenvalue weighted by molar-refractivity contribution is 5.28. The van der Waals surface area contributed by atoms with Crippen LogP contribution in [0.4, 0.5) is 4.39 Å². The van der Waals surface area contributed by atoms with Gasteiger partial charge >= 0.3 is 0 Å². The summed E-state index contributed by atoms with van der Waals surface area (Å²) in [6.07, 6.45) is 4.64. The van der Waals surface area contributed by atoms with Crippen LogP contribution in [0.25, 0.3) is 0 Å². The van der Waals surface area contributed by atoms with Crippen LogP contribution in [0.5, 0.6) is 0 Å². The van der Waals surface area contributed by atoms with Crippen molar-refractivity contribution in [1.82, 2.24) is 0 Å². The van der Waals surface area contributed by atoms with Gasteiger partial charge in [0.2, 0.25) is 0 Å². The van der Waals surface area contributed by atoms with Crippen LogP contribution in [0.3, 0.4) is 0 Å². The van der Waals surface area contributed by atoms with Crippen molar-refractivity contribution in [3.8, 4) is 0 Å². The summed E-state index contributed by atoms with van der Waals surface area (Å²) in [7, 11) is 0. The van der Waals surface area contributed by atoms with Crippen LogP contribution in [0.15, 0.2) is 36.2 Å². The van der Waals surface area contributed by atoms with E-state index in [0.717, 1.165) is 5.57 Å². The van der Waals surface area contributed by atoms with Crippen LogP contribution in [-0.2, 0) is 0 Å². The Morgan fingerprint density at radius 1 is 1.45 bits per heavy atom. The van der Waals surface area contributed by atoms with Gasteiger partial charge in [0.15, 0.2) is 0 Å². The molecule has 0 rings (SSSR count). The van der Waals surface area contributed by atoms with E-state index in [1.54, 1.807) is 6.08 Å². The Kier molecular flexibility index (Phi) is 4.51. The fourth-order valence-electron chi connectivity index (χ4n) is 0.947. The average Bonchev–Trinajstić information content (AvgIpc) is 1.88. The number of allylic oxidation sites excluding steroid dienone is 5. The largest absolute Gasteiger partial charge is 0.207 e. The van der Waals surface area contributed by atoms with E-state index in [0.29, 0.717) is 0 Å². The lowest BCUT2D eigenvalue weighted by Crippen LogP contribution is -1.93. The first-order chi connectivity index (χ1) is 5.13. The molecule has 0 amide bonds. The molecule has 0 aliphatic rings. The Labute approximate surface area is 68.1 Å². The first-order valence-electron chi connectivity index (χ1n) is 3.78. The highest BCUT2D eigenvalue weighted by atomic mass is 19.1. The van der Waals surface area contributed by atoms with Crippen molar-refractivity contribution in [3.63, 3.8) is 0 Å². The molecule has 0 spiro atoms. The van der Waals surface area contributed by atoms with E-state index >= 15 is 0 Å². The van der Waals surface area contributed by atoms with Crippen LogP contribution in [0.2, 0.25) is 0 Å². The molecule has 0 saturated carbocycles. The summed E-state index contributed by atoms with van der Waals surface area (Å²) in [5, 5.41) is 0. The molecule has 11 heavy (non-hydrogen) atoms. The number of hydrogen-bond acceptors (Lipinski definition) is 0. The fourth-order valence-corrected chi connectivity index (χ4v) is 0.947. The minimum absolute atomic E-state index is 0.183. The molecule has 0 atom stereocenters. The molecule has 0 heterocycles. The smallest absolute Gasteiger partial charge is 0.126 e. The normalized spacial score (nSPS) is 13.9. The van der Waals surface area contributed by atoms with Crippen molar-refractivity contribution < 1.29 is 4.39 Å². The monoisotopic (exact) mass is 154 g/mol. The minimum Gasteiger partial charge on any atom is -0.207 e. The Morgan fingerprint density at radius 3 is 2.27 bits per heavy atom. The maximum Gasteiger partial charge on any atom is 0.126 e. The predicted octanol–water partition coefficient (Wildman–Crippen LogP) is 3.63.